The third-order valence-corrected chi connectivity index (χ3v) is 2.47. The van der Waals surface area contributed by atoms with Crippen LogP contribution in [0.1, 0.15) is 38.8 Å². The maximum atomic E-state index is 11.8. The molecule has 15 heavy (non-hydrogen) atoms. The molecule has 1 rings (SSSR count). The van der Waals surface area contributed by atoms with E-state index in [2.05, 4.69) is 0 Å². The highest BCUT2D eigenvalue weighted by Gasteiger charge is 2.23. The van der Waals surface area contributed by atoms with Crippen LogP contribution in [0.5, 0.6) is 0 Å². The van der Waals surface area contributed by atoms with Crippen molar-refractivity contribution in [3.8, 4) is 0 Å². The van der Waals surface area contributed by atoms with Crippen molar-refractivity contribution in [1.82, 2.24) is 0 Å². The number of ketones is 1. The van der Waals surface area contributed by atoms with Gasteiger partial charge in [-0.1, -0.05) is 51.1 Å². The van der Waals surface area contributed by atoms with Crippen molar-refractivity contribution in [1.29, 1.82) is 0 Å². The van der Waals surface area contributed by atoms with Crippen LogP contribution in [0.15, 0.2) is 30.3 Å². The van der Waals surface area contributed by atoms with Crippen LogP contribution < -0.4 is 5.73 Å². The monoisotopic (exact) mass is 205 g/mol. The highest BCUT2D eigenvalue weighted by molar-refractivity contribution is 5.84. The Morgan fingerprint density at radius 3 is 2.27 bits per heavy atom. The summed E-state index contributed by atoms with van der Waals surface area (Å²) in [4.78, 5) is 11.8. The number of hydrogen-bond donors (Lipinski definition) is 1. The van der Waals surface area contributed by atoms with Gasteiger partial charge in [0.15, 0.2) is 0 Å². The van der Waals surface area contributed by atoms with Crippen molar-refractivity contribution in [3.05, 3.63) is 35.9 Å². The summed E-state index contributed by atoms with van der Waals surface area (Å²) in [5.41, 5.74) is 6.70. The average molecular weight is 205 g/mol. The van der Waals surface area contributed by atoms with E-state index in [1.165, 1.54) is 0 Å². The van der Waals surface area contributed by atoms with E-state index >= 15 is 0 Å². The Hall–Kier alpha value is -1.15. The predicted molar refractivity (Wildman–Crippen MR) is 62.4 cm³/mol. The second-order valence-electron chi connectivity index (χ2n) is 4.89. The van der Waals surface area contributed by atoms with Crippen molar-refractivity contribution in [2.45, 2.75) is 33.2 Å². The minimum atomic E-state index is -0.299. The van der Waals surface area contributed by atoms with Gasteiger partial charge in [-0.15, -0.1) is 0 Å². The molecule has 0 aliphatic carbocycles. The fourth-order valence-corrected chi connectivity index (χ4v) is 1.32. The van der Waals surface area contributed by atoms with E-state index in [-0.39, 0.29) is 17.2 Å². The van der Waals surface area contributed by atoms with E-state index in [9.17, 15) is 4.79 Å². The second kappa shape index (κ2) is 4.58. The smallest absolute Gasteiger partial charge is 0.140 e. The molecule has 0 spiro atoms. The summed E-state index contributed by atoms with van der Waals surface area (Å²) < 4.78 is 0. The zero-order valence-electron chi connectivity index (χ0n) is 9.66. The molecule has 0 heterocycles. The first-order chi connectivity index (χ1) is 6.91. The average Bonchev–Trinajstić information content (AvgIpc) is 2.17. The fourth-order valence-electron chi connectivity index (χ4n) is 1.32. The Bertz CT molecular complexity index is 324. The molecule has 1 atom stereocenters. The Morgan fingerprint density at radius 1 is 1.27 bits per heavy atom. The second-order valence-corrected chi connectivity index (χ2v) is 4.89. The van der Waals surface area contributed by atoms with Crippen LogP contribution in [0.3, 0.4) is 0 Å². The summed E-state index contributed by atoms with van der Waals surface area (Å²) in [6, 6.07) is 9.56. The zero-order chi connectivity index (χ0) is 11.5. The van der Waals surface area contributed by atoms with Gasteiger partial charge in [-0.25, -0.2) is 0 Å². The highest BCUT2D eigenvalue weighted by atomic mass is 16.1. The van der Waals surface area contributed by atoms with Crippen LogP contribution in [0.4, 0.5) is 0 Å². The maximum absolute atomic E-state index is 11.8. The van der Waals surface area contributed by atoms with Crippen LogP contribution in [0.25, 0.3) is 0 Å². The minimum Gasteiger partial charge on any atom is -0.324 e. The van der Waals surface area contributed by atoms with Crippen LogP contribution >= 0.6 is 0 Å². The van der Waals surface area contributed by atoms with Crippen LogP contribution in [0.2, 0.25) is 0 Å². The van der Waals surface area contributed by atoms with Gasteiger partial charge in [-0.05, 0) is 5.56 Å². The van der Waals surface area contributed by atoms with E-state index < -0.39 is 0 Å². The van der Waals surface area contributed by atoms with E-state index in [0.717, 1.165) is 5.56 Å². The standard InChI is InChI=1S/C13H19NO/c1-13(2,3)12(15)9-11(14)10-7-5-4-6-8-10/h4-8,11H,9,14H2,1-3H3/t11-/m1/s1. The molecule has 0 bridgehead atoms. The van der Waals surface area contributed by atoms with E-state index in [0.29, 0.717) is 6.42 Å². The number of Topliss-reactive ketones (excluding diaryl/α,β-unsaturated/α-hetero) is 1. The minimum absolute atomic E-state index is 0.182. The summed E-state index contributed by atoms with van der Waals surface area (Å²) in [5, 5.41) is 0. The summed E-state index contributed by atoms with van der Waals surface area (Å²) in [6.07, 6.45) is 0.410. The molecule has 0 aliphatic heterocycles. The van der Waals surface area contributed by atoms with Crippen molar-refractivity contribution in [2.24, 2.45) is 11.1 Å². The van der Waals surface area contributed by atoms with Gasteiger partial charge in [0.1, 0.15) is 5.78 Å². The van der Waals surface area contributed by atoms with Crippen molar-refractivity contribution >= 4 is 5.78 Å². The normalized spacial score (nSPS) is 13.6. The molecule has 82 valence electrons. The van der Waals surface area contributed by atoms with E-state index in [1.807, 2.05) is 51.1 Å². The molecule has 0 radical (unpaired) electrons. The Morgan fingerprint density at radius 2 is 1.80 bits per heavy atom. The molecular weight excluding hydrogens is 186 g/mol. The van der Waals surface area contributed by atoms with Crippen molar-refractivity contribution in [3.63, 3.8) is 0 Å². The number of carbonyl (C=O) groups excluding carboxylic acids is 1. The Kier molecular flexibility index (Phi) is 3.64. The highest BCUT2D eigenvalue weighted by Crippen LogP contribution is 2.22. The molecule has 0 amide bonds. The molecule has 0 aliphatic rings. The van der Waals surface area contributed by atoms with Gasteiger partial charge in [0.05, 0.1) is 0 Å². The molecule has 2 N–H and O–H groups in total. The maximum Gasteiger partial charge on any atom is 0.140 e. The van der Waals surface area contributed by atoms with Gasteiger partial charge < -0.3 is 5.73 Å². The predicted octanol–water partition coefficient (Wildman–Crippen LogP) is 2.69. The molecule has 1 aromatic rings. The first kappa shape index (κ1) is 11.9. The largest absolute Gasteiger partial charge is 0.324 e. The van der Waals surface area contributed by atoms with E-state index in [4.69, 9.17) is 5.73 Å². The van der Waals surface area contributed by atoms with Gasteiger partial charge in [0.2, 0.25) is 0 Å². The van der Waals surface area contributed by atoms with Gasteiger partial charge in [-0.3, -0.25) is 4.79 Å². The topological polar surface area (TPSA) is 43.1 Å². The SMILES string of the molecule is CC(C)(C)C(=O)C[C@@H](N)c1ccccc1. The lowest BCUT2D eigenvalue weighted by Crippen LogP contribution is -2.25. The van der Waals surface area contributed by atoms with Gasteiger partial charge in [0.25, 0.3) is 0 Å². The van der Waals surface area contributed by atoms with Gasteiger partial charge >= 0.3 is 0 Å². The Balaban J connectivity index is 2.65. The zero-order valence-corrected chi connectivity index (χ0v) is 9.66. The first-order valence-corrected chi connectivity index (χ1v) is 5.25. The van der Waals surface area contributed by atoms with E-state index in [1.54, 1.807) is 0 Å². The van der Waals surface area contributed by atoms with Crippen LogP contribution in [-0.2, 0) is 4.79 Å². The number of carbonyl (C=O) groups is 1. The molecule has 2 nitrogen and oxygen atoms in total. The van der Waals surface area contributed by atoms with Crippen LogP contribution in [0, 0.1) is 5.41 Å². The lowest BCUT2D eigenvalue weighted by molar-refractivity contribution is -0.126. The molecule has 0 saturated heterocycles. The Labute approximate surface area is 91.5 Å². The summed E-state index contributed by atoms with van der Waals surface area (Å²) >= 11 is 0. The number of hydrogen-bond acceptors (Lipinski definition) is 2. The third-order valence-electron chi connectivity index (χ3n) is 2.47. The quantitative estimate of drug-likeness (QED) is 0.824. The lowest BCUT2D eigenvalue weighted by atomic mass is 9.86. The molecule has 2 heteroatoms. The first-order valence-electron chi connectivity index (χ1n) is 5.25. The van der Waals surface area contributed by atoms with Crippen molar-refractivity contribution in [2.75, 3.05) is 0 Å². The molecule has 0 unspecified atom stereocenters. The number of benzene rings is 1. The van der Waals surface area contributed by atoms with Crippen molar-refractivity contribution < 1.29 is 4.79 Å². The molecule has 0 fully saturated rings. The molecular formula is C13H19NO. The van der Waals surface area contributed by atoms with Crippen LogP contribution in [-0.4, -0.2) is 5.78 Å². The molecule has 0 saturated carbocycles. The lowest BCUT2D eigenvalue weighted by Gasteiger charge is -2.19. The summed E-state index contributed by atoms with van der Waals surface area (Å²) in [5.74, 6) is 0.207. The number of rotatable bonds is 3. The van der Waals surface area contributed by atoms with Gasteiger partial charge in [-0.2, -0.15) is 0 Å². The summed E-state index contributed by atoms with van der Waals surface area (Å²) in [7, 11) is 0. The molecule has 1 aromatic carbocycles. The third kappa shape index (κ3) is 3.48. The number of nitrogens with two attached hydrogens (primary N) is 1. The summed E-state index contributed by atoms with van der Waals surface area (Å²) in [6.45, 7) is 5.77. The van der Waals surface area contributed by atoms with Gasteiger partial charge in [0, 0.05) is 17.9 Å². The fraction of sp³-hybridized carbons (Fsp3) is 0.462. The molecule has 0 aromatic heterocycles.